The summed E-state index contributed by atoms with van der Waals surface area (Å²) in [7, 11) is 0. The topological polar surface area (TPSA) is 81.6 Å². The largest absolute Gasteiger partial charge is 0.479 e. The van der Waals surface area contributed by atoms with E-state index in [0.717, 1.165) is 0 Å². The predicted octanol–water partition coefficient (Wildman–Crippen LogP) is -1.66. The van der Waals surface area contributed by atoms with Crippen LogP contribution >= 0.6 is 0 Å². The molecule has 1 aliphatic rings. The maximum atomic E-state index is 10.6. The molecule has 0 saturated carbocycles. The first-order valence-corrected chi connectivity index (χ1v) is 3.46. The summed E-state index contributed by atoms with van der Waals surface area (Å²) in [5.41, 5.74) is -1.08. The van der Waals surface area contributed by atoms with Gasteiger partial charge in [0, 0.05) is 13.1 Å². The number of aliphatic hydroxyl groups excluding tert-OH is 1. The van der Waals surface area contributed by atoms with Gasteiger partial charge in [-0.3, -0.25) is 10.6 Å². The molecule has 1 rings (SSSR count). The molecule has 1 saturated heterocycles. The Bertz CT molecular complexity index is 163. The first-order chi connectivity index (χ1) is 5.04. The van der Waals surface area contributed by atoms with E-state index in [0.29, 0.717) is 13.1 Å². The van der Waals surface area contributed by atoms with Crippen LogP contribution in [0.25, 0.3) is 0 Å². The van der Waals surface area contributed by atoms with Crippen molar-refractivity contribution in [3.05, 3.63) is 0 Å². The summed E-state index contributed by atoms with van der Waals surface area (Å²) in [6, 6.07) is 0. The summed E-state index contributed by atoms with van der Waals surface area (Å²) >= 11 is 0. The second-order valence-corrected chi connectivity index (χ2v) is 2.85. The van der Waals surface area contributed by atoms with Crippen LogP contribution in [0, 0.1) is 0 Å². The average molecular weight is 160 g/mol. The van der Waals surface area contributed by atoms with E-state index in [1.807, 2.05) is 0 Å². The maximum absolute atomic E-state index is 10.6. The Morgan fingerprint density at radius 2 is 2.00 bits per heavy atom. The molecule has 5 nitrogen and oxygen atoms in total. The van der Waals surface area contributed by atoms with Crippen LogP contribution in [-0.2, 0) is 4.79 Å². The molecule has 11 heavy (non-hydrogen) atoms. The van der Waals surface area contributed by atoms with Gasteiger partial charge in [0.05, 0.1) is 6.10 Å². The van der Waals surface area contributed by atoms with E-state index in [9.17, 15) is 4.79 Å². The highest BCUT2D eigenvalue weighted by molar-refractivity contribution is 5.77. The third-order valence-electron chi connectivity index (χ3n) is 1.81. The van der Waals surface area contributed by atoms with Crippen molar-refractivity contribution in [2.75, 3.05) is 13.1 Å². The lowest BCUT2D eigenvalue weighted by molar-refractivity contribution is -0.147. The maximum Gasteiger partial charge on any atom is 0.338 e. The molecule has 1 heterocycles. The van der Waals surface area contributed by atoms with Crippen LogP contribution in [0.2, 0.25) is 0 Å². The van der Waals surface area contributed by atoms with Gasteiger partial charge in [0.1, 0.15) is 0 Å². The van der Waals surface area contributed by atoms with Gasteiger partial charge in [0.2, 0.25) is 0 Å². The smallest absolute Gasteiger partial charge is 0.338 e. The van der Waals surface area contributed by atoms with Crippen molar-refractivity contribution < 1.29 is 15.0 Å². The Morgan fingerprint density at radius 3 is 2.36 bits per heavy atom. The Kier molecular flexibility index (Phi) is 2.12. The fourth-order valence-electron chi connectivity index (χ4n) is 0.930. The molecule has 0 amide bonds. The van der Waals surface area contributed by atoms with Gasteiger partial charge >= 0.3 is 5.97 Å². The normalized spacial score (nSPS) is 38.5. The zero-order valence-electron chi connectivity index (χ0n) is 6.29. The van der Waals surface area contributed by atoms with Crippen molar-refractivity contribution in [1.82, 2.24) is 10.6 Å². The molecule has 0 radical (unpaired) electrons. The number of hydrogen-bond donors (Lipinski definition) is 4. The molecule has 0 aromatic rings. The number of hydrogen-bond acceptors (Lipinski definition) is 4. The first-order valence-electron chi connectivity index (χ1n) is 3.46. The Morgan fingerprint density at radius 1 is 1.55 bits per heavy atom. The number of aliphatic hydroxyl groups is 1. The third-order valence-corrected chi connectivity index (χ3v) is 1.81. The van der Waals surface area contributed by atoms with Gasteiger partial charge in [0.15, 0.2) is 5.66 Å². The highest BCUT2D eigenvalue weighted by atomic mass is 16.4. The van der Waals surface area contributed by atoms with Crippen LogP contribution in [0.4, 0.5) is 0 Å². The summed E-state index contributed by atoms with van der Waals surface area (Å²) < 4.78 is 0. The monoisotopic (exact) mass is 160 g/mol. The Hall–Kier alpha value is -0.650. The minimum atomic E-state index is -1.08. The van der Waals surface area contributed by atoms with Gasteiger partial charge in [-0.1, -0.05) is 0 Å². The number of carboxylic acid groups (broad SMARTS) is 1. The number of β-amino-alcohol motifs (C(OH)–C–C–N with tert-alkyl or cyclic N) is 1. The minimum absolute atomic E-state index is 0.315. The van der Waals surface area contributed by atoms with Crippen LogP contribution in [-0.4, -0.2) is 41.0 Å². The van der Waals surface area contributed by atoms with E-state index < -0.39 is 17.7 Å². The molecule has 0 atom stereocenters. The lowest BCUT2D eigenvalue weighted by atomic mass is 10.1. The molecule has 0 bridgehead atoms. The molecule has 0 unspecified atom stereocenters. The Labute approximate surface area is 64.4 Å². The summed E-state index contributed by atoms with van der Waals surface area (Å²) in [5, 5.41) is 23.1. The molecule has 0 aliphatic carbocycles. The predicted molar refractivity (Wildman–Crippen MR) is 38.1 cm³/mol. The lowest BCUT2D eigenvalue weighted by Gasteiger charge is -2.34. The van der Waals surface area contributed by atoms with E-state index >= 15 is 0 Å². The Balaban J connectivity index is 2.55. The number of aliphatic carboxylic acids is 1. The third kappa shape index (κ3) is 1.68. The van der Waals surface area contributed by atoms with Crippen LogP contribution in [0.3, 0.4) is 0 Å². The van der Waals surface area contributed by atoms with Gasteiger partial charge in [-0.15, -0.1) is 0 Å². The van der Waals surface area contributed by atoms with Crippen molar-refractivity contribution in [2.24, 2.45) is 0 Å². The van der Waals surface area contributed by atoms with Crippen LogP contribution in [0.15, 0.2) is 0 Å². The highest BCUT2D eigenvalue weighted by Gasteiger charge is 2.36. The molecule has 4 N–H and O–H groups in total. The van der Waals surface area contributed by atoms with Crippen LogP contribution < -0.4 is 10.6 Å². The van der Waals surface area contributed by atoms with E-state index in [-0.39, 0.29) is 0 Å². The molecule has 0 spiro atoms. The van der Waals surface area contributed by atoms with E-state index in [1.165, 1.54) is 6.92 Å². The molecule has 0 aromatic heterocycles. The quantitative estimate of drug-likeness (QED) is 0.369. The second-order valence-electron chi connectivity index (χ2n) is 2.85. The molecule has 0 aromatic carbocycles. The van der Waals surface area contributed by atoms with E-state index in [4.69, 9.17) is 10.2 Å². The highest BCUT2D eigenvalue weighted by Crippen LogP contribution is 2.03. The number of carboxylic acids is 1. The standard InChI is InChI=1S/C6H12N2O3/c1-6(5(10)11)7-2-4(9)3-8-6/h4,7-9H,2-3H2,1H3,(H,10,11). The van der Waals surface area contributed by atoms with Crippen molar-refractivity contribution in [3.8, 4) is 0 Å². The first kappa shape index (κ1) is 8.45. The van der Waals surface area contributed by atoms with E-state index in [2.05, 4.69) is 10.6 Å². The van der Waals surface area contributed by atoms with Crippen molar-refractivity contribution >= 4 is 5.97 Å². The molecule has 1 fully saturated rings. The molecular formula is C6H12N2O3. The van der Waals surface area contributed by atoms with Gasteiger partial charge in [0.25, 0.3) is 0 Å². The van der Waals surface area contributed by atoms with Crippen LogP contribution in [0.5, 0.6) is 0 Å². The van der Waals surface area contributed by atoms with Gasteiger partial charge in [-0.2, -0.15) is 0 Å². The number of nitrogens with one attached hydrogen (secondary N) is 2. The molecule has 64 valence electrons. The van der Waals surface area contributed by atoms with Gasteiger partial charge in [-0.25, -0.2) is 4.79 Å². The summed E-state index contributed by atoms with van der Waals surface area (Å²) in [4.78, 5) is 10.6. The van der Waals surface area contributed by atoms with Crippen LogP contribution in [0.1, 0.15) is 6.92 Å². The molecule has 5 heteroatoms. The van der Waals surface area contributed by atoms with E-state index in [1.54, 1.807) is 0 Å². The van der Waals surface area contributed by atoms with Crippen molar-refractivity contribution in [3.63, 3.8) is 0 Å². The molecular weight excluding hydrogens is 148 g/mol. The zero-order valence-corrected chi connectivity index (χ0v) is 6.29. The average Bonchev–Trinajstić information content (AvgIpc) is 1.95. The SMILES string of the molecule is CC1(C(=O)O)NCC(O)CN1. The zero-order chi connectivity index (χ0) is 8.48. The summed E-state index contributed by atoms with van der Waals surface area (Å²) in [6.45, 7) is 2.16. The van der Waals surface area contributed by atoms with Gasteiger partial charge in [-0.05, 0) is 6.92 Å². The van der Waals surface area contributed by atoms with Crippen molar-refractivity contribution in [1.29, 1.82) is 0 Å². The number of carbonyl (C=O) groups is 1. The molecule has 1 aliphatic heterocycles. The van der Waals surface area contributed by atoms with Crippen molar-refractivity contribution in [2.45, 2.75) is 18.7 Å². The fourth-order valence-corrected chi connectivity index (χ4v) is 0.930. The lowest BCUT2D eigenvalue weighted by Crippen LogP contribution is -2.67. The summed E-state index contributed by atoms with van der Waals surface area (Å²) in [5.74, 6) is -0.954. The van der Waals surface area contributed by atoms with Gasteiger partial charge < -0.3 is 10.2 Å². The number of rotatable bonds is 1. The summed E-state index contributed by atoms with van der Waals surface area (Å²) in [6.07, 6.45) is -0.498. The minimum Gasteiger partial charge on any atom is -0.479 e. The second kappa shape index (κ2) is 2.77. The fraction of sp³-hybridized carbons (Fsp3) is 0.833.